The van der Waals surface area contributed by atoms with E-state index in [0.717, 1.165) is 17.1 Å². The molecule has 0 amide bonds. The molecule has 0 aliphatic carbocycles. The molecular weight excluding hydrogens is 258 g/mol. The summed E-state index contributed by atoms with van der Waals surface area (Å²) in [5.74, 6) is 2.13. The summed E-state index contributed by atoms with van der Waals surface area (Å²) in [5, 5.41) is 12.7. The van der Waals surface area contributed by atoms with E-state index in [1.54, 1.807) is 28.3 Å². The fourth-order valence-electron chi connectivity index (χ4n) is 2.12. The van der Waals surface area contributed by atoms with Gasteiger partial charge in [0.1, 0.15) is 17.2 Å². The van der Waals surface area contributed by atoms with Crippen LogP contribution in [-0.4, -0.2) is 38.6 Å². The molecule has 2 unspecified atom stereocenters. The topological polar surface area (TPSA) is 60.0 Å². The molecule has 2 N–H and O–H groups in total. The molecule has 1 aromatic rings. The van der Waals surface area contributed by atoms with Crippen molar-refractivity contribution in [2.24, 2.45) is 0 Å². The number of ether oxygens (including phenoxy) is 3. The number of hydrogen-bond donors (Lipinski definition) is 2. The molecule has 20 heavy (non-hydrogen) atoms. The lowest BCUT2D eigenvalue weighted by Gasteiger charge is -2.19. The third kappa shape index (κ3) is 4.58. The van der Waals surface area contributed by atoms with Gasteiger partial charge in [-0.05, 0) is 20.3 Å². The maximum absolute atomic E-state index is 9.38. The third-order valence-electron chi connectivity index (χ3n) is 3.14. The van der Waals surface area contributed by atoms with Crippen molar-refractivity contribution in [3.63, 3.8) is 0 Å². The average molecular weight is 283 g/mol. The lowest BCUT2D eigenvalue weighted by molar-refractivity contribution is 0.170. The summed E-state index contributed by atoms with van der Waals surface area (Å²) in [4.78, 5) is 0. The number of nitrogens with one attached hydrogen (secondary N) is 1. The minimum atomic E-state index is -0.322. The van der Waals surface area contributed by atoms with Gasteiger partial charge in [0.15, 0.2) is 0 Å². The molecule has 0 aliphatic rings. The molecule has 0 fully saturated rings. The Kier molecular flexibility index (Phi) is 6.61. The molecule has 1 rings (SSSR count). The molecule has 0 saturated carbocycles. The molecular formula is C15H25NO4. The van der Waals surface area contributed by atoms with Crippen LogP contribution in [0.1, 0.15) is 25.8 Å². The molecule has 0 aliphatic heterocycles. The summed E-state index contributed by atoms with van der Waals surface area (Å²) in [6, 6.07) is 3.86. The molecule has 0 heterocycles. The Bertz CT molecular complexity index is 395. The van der Waals surface area contributed by atoms with Crippen LogP contribution in [0.25, 0.3) is 0 Å². The van der Waals surface area contributed by atoms with E-state index in [4.69, 9.17) is 14.2 Å². The fraction of sp³-hybridized carbons (Fsp3) is 0.600. The van der Waals surface area contributed by atoms with Crippen molar-refractivity contribution >= 4 is 0 Å². The van der Waals surface area contributed by atoms with Gasteiger partial charge in [0.05, 0.1) is 33.0 Å². The zero-order valence-electron chi connectivity index (χ0n) is 12.9. The van der Waals surface area contributed by atoms with E-state index < -0.39 is 0 Å². The van der Waals surface area contributed by atoms with Gasteiger partial charge in [0, 0.05) is 24.7 Å². The normalized spacial score (nSPS) is 13.7. The fourth-order valence-corrected chi connectivity index (χ4v) is 2.12. The minimum absolute atomic E-state index is 0.200. The summed E-state index contributed by atoms with van der Waals surface area (Å²) in [6.45, 7) is 4.42. The Labute approximate surface area is 120 Å². The second-order valence-electron chi connectivity index (χ2n) is 4.88. The molecule has 0 spiro atoms. The number of hydrogen-bond acceptors (Lipinski definition) is 5. The molecule has 0 radical (unpaired) electrons. The van der Waals surface area contributed by atoms with Crippen molar-refractivity contribution in [2.75, 3.05) is 21.3 Å². The molecule has 5 nitrogen and oxygen atoms in total. The predicted octanol–water partition coefficient (Wildman–Crippen LogP) is 1.96. The Morgan fingerprint density at radius 1 is 1.05 bits per heavy atom. The largest absolute Gasteiger partial charge is 0.496 e. The first-order valence-corrected chi connectivity index (χ1v) is 6.72. The van der Waals surface area contributed by atoms with E-state index in [1.165, 1.54) is 0 Å². The Morgan fingerprint density at radius 3 is 2.00 bits per heavy atom. The van der Waals surface area contributed by atoms with Crippen LogP contribution in [0.2, 0.25) is 0 Å². The highest BCUT2D eigenvalue weighted by Gasteiger charge is 2.14. The molecule has 5 heteroatoms. The second-order valence-corrected chi connectivity index (χ2v) is 4.88. The highest BCUT2D eigenvalue weighted by atomic mass is 16.5. The van der Waals surface area contributed by atoms with E-state index in [1.807, 2.05) is 19.1 Å². The number of aliphatic hydroxyl groups excluding tert-OH is 1. The van der Waals surface area contributed by atoms with Crippen molar-refractivity contribution < 1.29 is 19.3 Å². The Morgan fingerprint density at radius 2 is 1.60 bits per heavy atom. The number of aliphatic hydroxyl groups is 1. The van der Waals surface area contributed by atoms with E-state index in [9.17, 15) is 5.11 Å². The van der Waals surface area contributed by atoms with Crippen molar-refractivity contribution in [3.05, 3.63) is 17.7 Å². The smallest absolute Gasteiger partial charge is 0.130 e. The summed E-state index contributed by atoms with van der Waals surface area (Å²) < 4.78 is 16.0. The first-order chi connectivity index (χ1) is 9.51. The van der Waals surface area contributed by atoms with Gasteiger partial charge in [-0.15, -0.1) is 0 Å². The minimum Gasteiger partial charge on any atom is -0.496 e. The SMILES string of the molecule is COc1cc(OC)c(CNC(C)CC(C)O)c(OC)c1. The van der Waals surface area contributed by atoms with Gasteiger partial charge in [-0.1, -0.05) is 0 Å². The number of rotatable bonds is 8. The van der Waals surface area contributed by atoms with Crippen LogP contribution in [0.15, 0.2) is 12.1 Å². The monoisotopic (exact) mass is 283 g/mol. The standard InChI is InChI=1S/C15H25NO4/c1-10(6-11(2)17)16-9-13-14(19-4)7-12(18-3)8-15(13)20-5/h7-8,10-11,16-17H,6,9H2,1-5H3. The number of methoxy groups -OCH3 is 3. The van der Waals surface area contributed by atoms with Crippen LogP contribution in [0.3, 0.4) is 0 Å². The zero-order chi connectivity index (χ0) is 15.1. The summed E-state index contributed by atoms with van der Waals surface area (Å²) in [5.41, 5.74) is 0.938. The average Bonchev–Trinajstić information content (AvgIpc) is 2.43. The van der Waals surface area contributed by atoms with Crippen LogP contribution < -0.4 is 19.5 Å². The van der Waals surface area contributed by atoms with Crippen molar-refractivity contribution in [1.82, 2.24) is 5.32 Å². The van der Waals surface area contributed by atoms with Gasteiger partial charge in [-0.2, -0.15) is 0 Å². The summed E-state index contributed by atoms with van der Waals surface area (Å²) in [7, 11) is 4.85. The van der Waals surface area contributed by atoms with Gasteiger partial charge >= 0.3 is 0 Å². The van der Waals surface area contributed by atoms with Crippen molar-refractivity contribution in [3.8, 4) is 17.2 Å². The molecule has 1 aromatic carbocycles. The van der Waals surface area contributed by atoms with E-state index in [-0.39, 0.29) is 12.1 Å². The van der Waals surface area contributed by atoms with Crippen molar-refractivity contribution in [1.29, 1.82) is 0 Å². The zero-order valence-corrected chi connectivity index (χ0v) is 12.9. The van der Waals surface area contributed by atoms with Gasteiger partial charge in [0.25, 0.3) is 0 Å². The van der Waals surface area contributed by atoms with Gasteiger partial charge in [-0.25, -0.2) is 0 Å². The summed E-state index contributed by atoms with van der Waals surface area (Å²) >= 11 is 0. The lowest BCUT2D eigenvalue weighted by Crippen LogP contribution is -2.29. The first kappa shape index (κ1) is 16.6. The van der Waals surface area contributed by atoms with Crippen LogP contribution in [0, 0.1) is 0 Å². The predicted molar refractivity (Wildman–Crippen MR) is 78.7 cm³/mol. The molecule has 114 valence electrons. The lowest BCUT2D eigenvalue weighted by atomic mass is 10.1. The van der Waals surface area contributed by atoms with Gasteiger partial charge in [-0.3, -0.25) is 0 Å². The van der Waals surface area contributed by atoms with Crippen LogP contribution in [-0.2, 0) is 6.54 Å². The summed E-state index contributed by atoms with van der Waals surface area (Å²) in [6.07, 6.45) is 0.373. The molecule has 0 bridgehead atoms. The maximum atomic E-state index is 9.38. The highest BCUT2D eigenvalue weighted by molar-refractivity contribution is 5.50. The Balaban J connectivity index is 2.87. The van der Waals surface area contributed by atoms with E-state index in [0.29, 0.717) is 18.7 Å². The Hall–Kier alpha value is -1.46. The van der Waals surface area contributed by atoms with E-state index in [2.05, 4.69) is 5.32 Å². The van der Waals surface area contributed by atoms with Crippen LogP contribution in [0.5, 0.6) is 17.2 Å². The third-order valence-corrected chi connectivity index (χ3v) is 3.14. The molecule has 0 aromatic heterocycles. The maximum Gasteiger partial charge on any atom is 0.130 e. The van der Waals surface area contributed by atoms with Crippen LogP contribution >= 0.6 is 0 Å². The van der Waals surface area contributed by atoms with Crippen molar-refractivity contribution in [2.45, 2.75) is 39.0 Å². The van der Waals surface area contributed by atoms with E-state index >= 15 is 0 Å². The van der Waals surface area contributed by atoms with Gasteiger partial charge in [0.2, 0.25) is 0 Å². The first-order valence-electron chi connectivity index (χ1n) is 6.72. The van der Waals surface area contributed by atoms with Gasteiger partial charge < -0.3 is 24.6 Å². The molecule has 2 atom stereocenters. The van der Waals surface area contributed by atoms with Crippen LogP contribution in [0.4, 0.5) is 0 Å². The second kappa shape index (κ2) is 7.97. The number of benzene rings is 1. The quantitative estimate of drug-likeness (QED) is 0.764. The molecule has 0 saturated heterocycles. The highest BCUT2D eigenvalue weighted by Crippen LogP contribution is 2.33.